The third-order valence-corrected chi connectivity index (χ3v) is 9.39. The Hall–Kier alpha value is -6.18. The minimum atomic E-state index is 0.623. The second-order valence-electron chi connectivity index (χ2n) is 11.2. The molecule has 0 aliphatic heterocycles. The normalized spacial score (nSPS) is 11.4. The smallest absolute Gasteiger partial charge is 0.164 e. The molecule has 0 saturated heterocycles. The van der Waals surface area contributed by atoms with E-state index in [4.69, 9.17) is 24.9 Å². The fraction of sp³-hybridized carbons (Fsp3) is 0. The predicted octanol–water partition coefficient (Wildman–Crippen LogP) is 9.91. The summed E-state index contributed by atoms with van der Waals surface area (Å²) >= 11 is 1.71. The van der Waals surface area contributed by atoms with Gasteiger partial charge in [-0.05, 0) is 40.8 Å². The Kier molecular flexibility index (Phi) is 6.54. The topological polar surface area (TPSA) is 77.3 Å². The largest absolute Gasteiger partial charge is 0.263 e. The van der Waals surface area contributed by atoms with Crippen LogP contribution in [0, 0.1) is 0 Å². The van der Waals surface area contributed by atoms with Crippen molar-refractivity contribution >= 4 is 42.4 Å². The second kappa shape index (κ2) is 11.3. The van der Waals surface area contributed by atoms with Crippen LogP contribution in [0.5, 0.6) is 0 Å². The molecule has 47 heavy (non-hydrogen) atoms. The molecule has 5 heterocycles. The summed E-state index contributed by atoms with van der Waals surface area (Å²) in [5.41, 5.74) is 7.79. The van der Waals surface area contributed by atoms with Gasteiger partial charge in [0.1, 0.15) is 0 Å². The SMILES string of the molecule is c1ccc(-c2nc(-c3ccccc3)nc(-c3cccc(-c4cccc5cc(-c6cncc7sc8cccnc8c67)ncc45)c3)n2)cc1. The van der Waals surface area contributed by atoms with Crippen molar-refractivity contribution in [1.82, 2.24) is 29.9 Å². The van der Waals surface area contributed by atoms with Gasteiger partial charge in [-0.2, -0.15) is 0 Å². The molecule has 0 amide bonds. The van der Waals surface area contributed by atoms with E-state index in [9.17, 15) is 0 Å². The molecule has 0 fully saturated rings. The molecule has 0 radical (unpaired) electrons. The Bertz CT molecular complexity index is 2520. The zero-order chi connectivity index (χ0) is 31.2. The van der Waals surface area contributed by atoms with Gasteiger partial charge in [-0.15, -0.1) is 11.3 Å². The Morgan fingerprint density at radius 3 is 1.91 bits per heavy atom. The molecule has 0 spiro atoms. The summed E-state index contributed by atoms with van der Waals surface area (Å²) < 4.78 is 2.25. The molecule has 0 unspecified atom stereocenters. The fourth-order valence-electron chi connectivity index (χ4n) is 6.07. The van der Waals surface area contributed by atoms with E-state index in [-0.39, 0.29) is 0 Å². The lowest BCUT2D eigenvalue weighted by atomic mass is 9.97. The lowest BCUT2D eigenvalue weighted by Crippen LogP contribution is -2.00. The molecule has 9 aromatic rings. The van der Waals surface area contributed by atoms with Gasteiger partial charge in [0.25, 0.3) is 0 Å². The lowest BCUT2D eigenvalue weighted by Gasteiger charge is -2.11. The molecule has 0 atom stereocenters. The molecule has 5 aromatic heterocycles. The predicted molar refractivity (Wildman–Crippen MR) is 191 cm³/mol. The van der Waals surface area contributed by atoms with E-state index in [2.05, 4.69) is 59.6 Å². The Balaban J connectivity index is 1.15. The third-order valence-electron chi connectivity index (χ3n) is 8.31. The summed E-state index contributed by atoms with van der Waals surface area (Å²) in [7, 11) is 0. The highest BCUT2D eigenvalue weighted by Gasteiger charge is 2.16. The first-order chi connectivity index (χ1) is 23.3. The number of rotatable bonds is 5. The quantitative estimate of drug-likeness (QED) is 0.191. The van der Waals surface area contributed by atoms with Crippen molar-refractivity contribution in [2.75, 3.05) is 0 Å². The van der Waals surface area contributed by atoms with Crippen molar-refractivity contribution in [1.29, 1.82) is 0 Å². The van der Waals surface area contributed by atoms with Crippen LogP contribution >= 0.6 is 11.3 Å². The number of pyridine rings is 3. The summed E-state index contributed by atoms with van der Waals surface area (Å²) in [4.78, 5) is 28.9. The molecule has 6 nitrogen and oxygen atoms in total. The van der Waals surface area contributed by atoms with E-state index in [0.717, 1.165) is 70.1 Å². The summed E-state index contributed by atoms with van der Waals surface area (Å²) in [5.74, 6) is 1.90. The van der Waals surface area contributed by atoms with Gasteiger partial charge in [-0.25, -0.2) is 15.0 Å². The molecule has 0 aliphatic carbocycles. The van der Waals surface area contributed by atoms with Gasteiger partial charge >= 0.3 is 0 Å². The maximum absolute atomic E-state index is 4.97. The maximum atomic E-state index is 4.97. The molecule has 0 aliphatic rings. The average Bonchev–Trinajstić information content (AvgIpc) is 3.54. The van der Waals surface area contributed by atoms with Gasteiger partial charge in [0.2, 0.25) is 0 Å². The van der Waals surface area contributed by atoms with Crippen LogP contribution in [0.3, 0.4) is 0 Å². The number of benzene rings is 4. The van der Waals surface area contributed by atoms with Crippen molar-refractivity contribution in [3.05, 3.63) is 146 Å². The molecular formula is C40H24N6S. The van der Waals surface area contributed by atoms with Crippen molar-refractivity contribution < 1.29 is 0 Å². The highest BCUT2D eigenvalue weighted by molar-refractivity contribution is 7.25. The number of hydrogen-bond acceptors (Lipinski definition) is 7. The highest BCUT2D eigenvalue weighted by atomic mass is 32.1. The summed E-state index contributed by atoms with van der Waals surface area (Å²) in [6.45, 7) is 0. The van der Waals surface area contributed by atoms with Crippen molar-refractivity contribution in [2.24, 2.45) is 0 Å². The first-order valence-electron chi connectivity index (χ1n) is 15.3. The molecule has 0 N–H and O–H groups in total. The molecule has 220 valence electrons. The minimum Gasteiger partial charge on any atom is -0.263 e. The summed E-state index contributed by atoms with van der Waals surface area (Å²) in [5, 5.41) is 3.26. The summed E-state index contributed by atoms with van der Waals surface area (Å²) in [6.07, 6.45) is 7.62. The number of fused-ring (bicyclic) bond motifs is 4. The molecule has 0 saturated carbocycles. The standard InChI is InChI=1S/C40H24N6S/c1-3-10-25(11-4-1)38-44-39(26-12-5-2-6-13-26)46-40(45-38)29-16-7-14-27(20-29)30-17-8-15-28-21-33(43-23-31(28)30)32-22-41-24-35-36(32)37-34(47-35)18-9-19-42-37/h1-24H. The van der Waals surface area contributed by atoms with E-state index in [1.165, 1.54) is 0 Å². The van der Waals surface area contributed by atoms with Crippen molar-refractivity contribution in [3.8, 4) is 56.5 Å². The van der Waals surface area contributed by atoms with Gasteiger partial charge < -0.3 is 0 Å². The van der Waals surface area contributed by atoms with Crippen LogP contribution in [0.4, 0.5) is 0 Å². The molecule has 4 aromatic carbocycles. The van der Waals surface area contributed by atoms with Crippen molar-refractivity contribution in [3.63, 3.8) is 0 Å². The monoisotopic (exact) mass is 620 g/mol. The summed E-state index contributed by atoms with van der Waals surface area (Å²) in [6, 6.07) is 41.0. The van der Waals surface area contributed by atoms with Gasteiger partial charge in [0.15, 0.2) is 17.5 Å². The number of nitrogens with zero attached hydrogens (tertiary/aromatic N) is 6. The van der Waals surface area contributed by atoms with E-state index < -0.39 is 0 Å². The van der Waals surface area contributed by atoms with Gasteiger partial charge in [0.05, 0.1) is 20.6 Å². The lowest BCUT2D eigenvalue weighted by molar-refractivity contribution is 1.07. The van der Waals surface area contributed by atoms with E-state index in [1.54, 1.807) is 11.3 Å². The van der Waals surface area contributed by atoms with Crippen LogP contribution in [-0.4, -0.2) is 29.9 Å². The van der Waals surface area contributed by atoms with Crippen LogP contribution in [0.2, 0.25) is 0 Å². The second-order valence-corrected chi connectivity index (χ2v) is 12.3. The highest BCUT2D eigenvalue weighted by Crippen LogP contribution is 2.39. The first-order valence-corrected chi connectivity index (χ1v) is 16.1. The third kappa shape index (κ3) is 4.90. The molecule has 9 rings (SSSR count). The van der Waals surface area contributed by atoms with Crippen LogP contribution in [0.25, 0.3) is 87.6 Å². The van der Waals surface area contributed by atoms with Crippen LogP contribution in [0.1, 0.15) is 0 Å². The van der Waals surface area contributed by atoms with E-state index in [1.807, 2.05) is 91.5 Å². The molecule has 7 heteroatoms. The zero-order valence-corrected chi connectivity index (χ0v) is 25.8. The van der Waals surface area contributed by atoms with Crippen LogP contribution < -0.4 is 0 Å². The van der Waals surface area contributed by atoms with E-state index in [0.29, 0.717) is 17.5 Å². The first kappa shape index (κ1) is 27.2. The maximum Gasteiger partial charge on any atom is 0.164 e. The zero-order valence-electron chi connectivity index (χ0n) is 24.9. The van der Waals surface area contributed by atoms with Crippen LogP contribution in [-0.2, 0) is 0 Å². The average molecular weight is 621 g/mol. The van der Waals surface area contributed by atoms with Gasteiger partial charge in [-0.3, -0.25) is 15.0 Å². The van der Waals surface area contributed by atoms with Gasteiger partial charge in [-0.1, -0.05) is 97.1 Å². The Morgan fingerprint density at radius 2 is 1.15 bits per heavy atom. The van der Waals surface area contributed by atoms with Crippen molar-refractivity contribution in [2.45, 2.75) is 0 Å². The number of thiophene rings is 1. The van der Waals surface area contributed by atoms with Crippen LogP contribution in [0.15, 0.2) is 146 Å². The minimum absolute atomic E-state index is 0.623. The Labute approximate surface area is 274 Å². The fourth-order valence-corrected chi connectivity index (χ4v) is 7.13. The molecular weight excluding hydrogens is 597 g/mol. The van der Waals surface area contributed by atoms with Gasteiger partial charge in [0, 0.05) is 57.8 Å². The number of hydrogen-bond donors (Lipinski definition) is 0. The molecule has 0 bridgehead atoms. The Morgan fingerprint density at radius 1 is 0.468 bits per heavy atom. The number of aromatic nitrogens is 6. The van der Waals surface area contributed by atoms with E-state index >= 15 is 0 Å².